The Morgan fingerprint density at radius 2 is 1.75 bits per heavy atom. The van der Waals surface area contributed by atoms with Crippen LogP contribution >= 0.6 is 0 Å². The molecule has 2 amide bonds. The number of rotatable bonds is 12. The van der Waals surface area contributed by atoms with Gasteiger partial charge in [0, 0.05) is 31.3 Å². The number of carbonyl (C=O) groups is 2. The minimum atomic E-state index is -4.48. The Labute approximate surface area is 278 Å². The first-order chi connectivity index (χ1) is 23.0. The number of aliphatic hydroxyl groups is 1. The smallest absolute Gasteiger partial charge is 0.390 e. The Hall–Kier alpha value is -3.80. The van der Waals surface area contributed by atoms with Crippen LogP contribution in [0.3, 0.4) is 0 Å². The first-order valence-electron chi connectivity index (χ1n) is 16.6. The van der Waals surface area contributed by atoms with Crippen LogP contribution in [0.5, 0.6) is 0 Å². The average Bonchev–Trinajstić information content (AvgIpc) is 3.56. The van der Waals surface area contributed by atoms with E-state index in [4.69, 9.17) is 4.74 Å². The third-order valence-electron chi connectivity index (χ3n) is 9.63. The van der Waals surface area contributed by atoms with Crippen molar-refractivity contribution < 1.29 is 37.0 Å². The number of likely N-dealkylation sites (tertiary alicyclic amines) is 1. The Morgan fingerprint density at radius 3 is 2.46 bits per heavy atom. The van der Waals surface area contributed by atoms with Crippen LogP contribution < -0.4 is 10.6 Å². The van der Waals surface area contributed by atoms with E-state index in [0.717, 1.165) is 49.8 Å². The number of amides is 2. The first kappa shape index (κ1) is 35.5. The van der Waals surface area contributed by atoms with Crippen molar-refractivity contribution in [2.75, 3.05) is 26.8 Å². The Kier molecular flexibility index (Phi) is 11.5. The fourth-order valence-electron chi connectivity index (χ4n) is 7.02. The van der Waals surface area contributed by atoms with Gasteiger partial charge >= 0.3 is 6.18 Å². The molecular formula is C37H43F4N3O4. The number of carbonyl (C=O) groups excluding carboxylic acids is 2. The minimum absolute atomic E-state index is 0.00295. The molecule has 1 heterocycles. The van der Waals surface area contributed by atoms with E-state index in [1.807, 2.05) is 30.3 Å². The fourth-order valence-corrected chi connectivity index (χ4v) is 7.02. The van der Waals surface area contributed by atoms with E-state index in [1.54, 1.807) is 18.1 Å². The molecule has 1 unspecified atom stereocenters. The highest BCUT2D eigenvalue weighted by molar-refractivity contribution is 6.00. The van der Waals surface area contributed by atoms with Crippen molar-refractivity contribution in [3.05, 3.63) is 106 Å². The zero-order valence-electron chi connectivity index (χ0n) is 27.1. The van der Waals surface area contributed by atoms with Gasteiger partial charge in [-0.2, -0.15) is 13.2 Å². The van der Waals surface area contributed by atoms with Gasteiger partial charge in [0.2, 0.25) is 0 Å². The molecule has 1 aliphatic heterocycles. The maximum absolute atomic E-state index is 15.0. The SMILES string of the molecule is COCC1CCCN1C(=O)c1cc(C(=O)N[C@@H](Cc2ccccc2)[C@H](O)CNC2(c3cccc(C(F)(F)F)c3)CCCCC2)ccc1F. The maximum Gasteiger partial charge on any atom is 0.416 e. The molecule has 0 bridgehead atoms. The van der Waals surface area contributed by atoms with E-state index in [1.165, 1.54) is 24.3 Å². The van der Waals surface area contributed by atoms with Gasteiger partial charge in [0.15, 0.2) is 0 Å². The second-order valence-electron chi connectivity index (χ2n) is 12.9. The molecule has 48 heavy (non-hydrogen) atoms. The van der Waals surface area contributed by atoms with E-state index < -0.39 is 47.1 Å². The van der Waals surface area contributed by atoms with Crippen LogP contribution in [0.4, 0.5) is 17.6 Å². The molecule has 2 aliphatic rings. The molecule has 1 saturated carbocycles. The lowest BCUT2D eigenvalue weighted by Crippen LogP contribution is -2.53. The van der Waals surface area contributed by atoms with Crippen LogP contribution in [0.25, 0.3) is 0 Å². The molecular weight excluding hydrogens is 626 g/mol. The van der Waals surface area contributed by atoms with Crippen LogP contribution in [-0.4, -0.2) is 66.8 Å². The lowest BCUT2D eigenvalue weighted by Gasteiger charge is -2.40. The summed E-state index contributed by atoms with van der Waals surface area (Å²) in [7, 11) is 1.54. The van der Waals surface area contributed by atoms with Crippen molar-refractivity contribution in [1.29, 1.82) is 0 Å². The fraction of sp³-hybridized carbons (Fsp3) is 0.459. The molecule has 7 nitrogen and oxygen atoms in total. The van der Waals surface area contributed by atoms with Gasteiger partial charge in [0.25, 0.3) is 11.8 Å². The molecule has 3 N–H and O–H groups in total. The van der Waals surface area contributed by atoms with Crippen molar-refractivity contribution in [3.63, 3.8) is 0 Å². The second-order valence-corrected chi connectivity index (χ2v) is 12.9. The predicted octanol–water partition coefficient (Wildman–Crippen LogP) is 6.25. The maximum atomic E-state index is 15.0. The number of nitrogens with zero attached hydrogens (tertiary/aromatic N) is 1. The summed E-state index contributed by atoms with van der Waals surface area (Å²) in [5.41, 5.74) is -0.287. The highest BCUT2D eigenvalue weighted by Crippen LogP contribution is 2.39. The monoisotopic (exact) mass is 669 g/mol. The molecule has 0 aromatic heterocycles. The Balaban J connectivity index is 1.36. The van der Waals surface area contributed by atoms with Gasteiger partial charge in [-0.25, -0.2) is 4.39 Å². The number of aliphatic hydroxyl groups excluding tert-OH is 1. The number of methoxy groups -OCH3 is 1. The van der Waals surface area contributed by atoms with Gasteiger partial charge in [0.1, 0.15) is 5.82 Å². The van der Waals surface area contributed by atoms with Gasteiger partial charge < -0.3 is 25.4 Å². The predicted molar refractivity (Wildman–Crippen MR) is 174 cm³/mol. The van der Waals surface area contributed by atoms with Crippen LogP contribution in [-0.2, 0) is 22.9 Å². The molecule has 3 aromatic rings. The molecule has 258 valence electrons. The molecule has 11 heteroatoms. The summed E-state index contributed by atoms with van der Waals surface area (Å²) in [5.74, 6) is -1.85. The summed E-state index contributed by atoms with van der Waals surface area (Å²) in [4.78, 5) is 28.5. The summed E-state index contributed by atoms with van der Waals surface area (Å²) in [6, 6.07) is 17.2. The Morgan fingerprint density at radius 1 is 1.00 bits per heavy atom. The van der Waals surface area contributed by atoms with Gasteiger partial charge in [0.05, 0.1) is 35.9 Å². The van der Waals surface area contributed by atoms with Crippen LogP contribution in [0.2, 0.25) is 0 Å². The highest BCUT2D eigenvalue weighted by Gasteiger charge is 2.38. The van der Waals surface area contributed by atoms with Crippen LogP contribution in [0, 0.1) is 5.82 Å². The van der Waals surface area contributed by atoms with E-state index >= 15 is 0 Å². The number of ether oxygens (including phenoxy) is 1. The summed E-state index contributed by atoms with van der Waals surface area (Å²) in [6.45, 7) is 0.787. The second kappa shape index (κ2) is 15.6. The van der Waals surface area contributed by atoms with Crippen molar-refractivity contribution in [1.82, 2.24) is 15.5 Å². The molecule has 1 saturated heterocycles. The molecule has 5 rings (SSSR count). The number of halogens is 4. The summed E-state index contributed by atoms with van der Waals surface area (Å²) < 4.78 is 61.0. The lowest BCUT2D eigenvalue weighted by atomic mass is 9.76. The van der Waals surface area contributed by atoms with E-state index in [-0.39, 0.29) is 30.1 Å². The topological polar surface area (TPSA) is 90.9 Å². The van der Waals surface area contributed by atoms with E-state index in [9.17, 15) is 32.3 Å². The summed E-state index contributed by atoms with van der Waals surface area (Å²) in [5, 5.41) is 17.9. The third-order valence-corrected chi connectivity index (χ3v) is 9.63. The third kappa shape index (κ3) is 8.43. The minimum Gasteiger partial charge on any atom is -0.390 e. The summed E-state index contributed by atoms with van der Waals surface area (Å²) >= 11 is 0. The molecule has 2 fully saturated rings. The normalized spacial score (nSPS) is 19.1. The standard InChI is InChI=1S/C37H43F4N3O4/c1-48-24-29-14-9-19-44(29)35(47)30-21-26(15-16-31(30)38)34(46)43-32(20-25-10-4-2-5-11-25)33(45)23-42-36(17-6-3-7-18-36)27-12-8-13-28(22-27)37(39,40)41/h2,4-5,8,10-13,15-16,21-22,29,32-33,42,45H,3,6-7,9,14,17-20,23-24H2,1H3,(H,43,46)/t29?,32-,33+/m0/s1. The van der Waals surface area contributed by atoms with Crippen molar-refractivity contribution >= 4 is 11.8 Å². The number of alkyl halides is 3. The molecule has 0 spiro atoms. The van der Waals surface area contributed by atoms with E-state index in [0.29, 0.717) is 31.6 Å². The summed E-state index contributed by atoms with van der Waals surface area (Å²) in [6.07, 6.45) is -0.0568. The van der Waals surface area contributed by atoms with Gasteiger partial charge in [-0.1, -0.05) is 61.7 Å². The molecule has 3 aromatic carbocycles. The zero-order chi connectivity index (χ0) is 34.3. The quantitative estimate of drug-likeness (QED) is 0.199. The largest absolute Gasteiger partial charge is 0.416 e. The number of nitrogens with one attached hydrogen (secondary N) is 2. The van der Waals surface area contributed by atoms with Crippen molar-refractivity contribution in [2.45, 2.75) is 81.3 Å². The highest BCUT2D eigenvalue weighted by atomic mass is 19.4. The Bertz CT molecular complexity index is 1550. The van der Waals surface area contributed by atoms with Crippen LogP contribution in [0.15, 0.2) is 72.8 Å². The molecule has 1 aliphatic carbocycles. The first-order valence-corrected chi connectivity index (χ1v) is 16.6. The molecule has 3 atom stereocenters. The zero-order valence-corrected chi connectivity index (χ0v) is 27.1. The van der Waals surface area contributed by atoms with Gasteiger partial charge in [-0.3, -0.25) is 9.59 Å². The van der Waals surface area contributed by atoms with Crippen LogP contribution in [0.1, 0.15) is 82.4 Å². The average molecular weight is 670 g/mol. The van der Waals surface area contributed by atoms with Crippen molar-refractivity contribution in [2.24, 2.45) is 0 Å². The number of benzene rings is 3. The van der Waals surface area contributed by atoms with Gasteiger partial charge in [-0.05, 0) is 73.6 Å². The molecule has 0 radical (unpaired) electrons. The lowest BCUT2D eigenvalue weighted by molar-refractivity contribution is -0.137. The van der Waals surface area contributed by atoms with Crippen molar-refractivity contribution in [3.8, 4) is 0 Å². The van der Waals surface area contributed by atoms with E-state index in [2.05, 4.69) is 10.6 Å². The number of hydrogen-bond donors (Lipinski definition) is 3. The van der Waals surface area contributed by atoms with Gasteiger partial charge in [-0.15, -0.1) is 0 Å². The number of hydrogen-bond acceptors (Lipinski definition) is 5.